The van der Waals surface area contributed by atoms with Gasteiger partial charge >= 0.3 is 6.03 Å². The Labute approximate surface area is 125 Å². The minimum Gasteiger partial charge on any atom is -0.327 e. The summed E-state index contributed by atoms with van der Waals surface area (Å²) in [6.45, 7) is 0. The standard InChI is InChI=1S/C17H11FN2O2/c18-10-7-5-9(6-8-10)14-13-15(20-17(22)19-14)11-3-1-2-4-12(11)16(13)21/h1-8,14H,(H2,19,20,22)/t14-/m1/s1. The van der Waals surface area contributed by atoms with Crippen LogP contribution in [0.3, 0.4) is 0 Å². The summed E-state index contributed by atoms with van der Waals surface area (Å²) in [7, 11) is 0. The van der Waals surface area contributed by atoms with Gasteiger partial charge in [-0.25, -0.2) is 9.18 Å². The predicted molar refractivity (Wildman–Crippen MR) is 78.5 cm³/mol. The number of nitrogens with one attached hydrogen (secondary N) is 2. The summed E-state index contributed by atoms with van der Waals surface area (Å²) in [5, 5.41) is 5.45. The average Bonchev–Trinajstić information content (AvgIpc) is 2.81. The molecule has 5 heteroatoms. The second-order valence-corrected chi connectivity index (χ2v) is 5.25. The van der Waals surface area contributed by atoms with Gasteiger partial charge in [0.2, 0.25) is 0 Å². The monoisotopic (exact) mass is 294 g/mol. The lowest BCUT2D eigenvalue weighted by atomic mass is 9.94. The molecular weight excluding hydrogens is 283 g/mol. The van der Waals surface area contributed by atoms with Crippen LogP contribution in [-0.4, -0.2) is 11.8 Å². The first kappa shape index (κ1) is 12.8. The number of rotatable bonds is 1. The van der Waals surface area contributed by atoms with E-state index in [9.17, 15) is 14.0 Å². The SMILES string of the molecule is O=C1NC2=C(C(=O)c3ccccc32)[C@@H](c2ccc(F)cc2)N1. The van der Waals surface area contributed by atoms with E-state index in [1.54, 1.807) is 24.3 Å². The summed E-state index contributed by atoms with van der Waals surface area (Å²) >= 11 is 0. The molecule has 1 aliphatic carbocycles. The van der Waals surface area contributed by atoms with Gasteiger partial charge in [0.1, 0.15) is 5.82 Å². The molecule has 4 rings (SSSR count). The highest BCUT2D eigenvalue weighted by atomic mass is 19.1. The van der Waals surface area contributed by atoms with Gasteiger partial charge in [-0.2, -0.15) is 0 Å². The van der Waals surface area contributed by atoms with Crippen LogP contribution >= 0.6 is 0 Å². The number of carbonyl (C=O) groups is 2. The minimum atomic E-state index is -0.579. The van der Waals surface area contributed by atoms with Crippen LogP contribution in [0.5, 0.6) is 0 Å². The van der Waals surface area contributed by atoms with Gasteiger partial charge in [0, 0.05) is 11.1 Å². The summed E-state index contributed by atoms with van der Waals surface area (Å²) in [4.78, 5) is 24.6. The van der Waals surface area contributed by atoms with E-state index in [4.69, 9.17) is 0 Å². The van der Waals surface area contributed by atoms with Crippen molar-refractivity contribution in [3.8, 4) is 0 Å². The van der Waals surface area contributed by atoms with E-state index in [0.717, 1.165) is 5.56 Å². The van der Waals surface area contributed by atoms with Crippen molar-refractivity contribution in [1.29, 1.82) is 0 Å². The van der Waals surface area contributed by atoms with E-state index in [0.29, 0.717) is 22.4 Å². The van der Waals surface area contributed by atoms with Crippen molar-refractivity contribution in [2.75, 3.05) is 0 Å². The maximum absolute atomic E-state index is 13.1. The third-order valence-electron chi connectivity index (χ3n) is 3.96. The van der Waals surface area contributed by atoms with Crippen molar-refractivity contribution in [3.63, 3.8) is 0 Å². The van der Waals surface area contributed by atoms with Gasteiger partial charge in [-0.05, 0) is 17.7 Å². The maximum Gasteiger partial charge on any atom is 0.320 e. The Balaban J connectivity index is 1.88. The fraction of sp³-hybridized carbons (Fsp3) is 0.0588. The lowest BCUT2D eigenvalue weighted by molar-refractivity contribution is 0.103. The molecule has 0 fully saturated rings. The minimum absolute atomic E-state index is 0.118. The van der Waals surface area contributed by atoms with Crippen molar-refractivity contribution in [3.05, 3.63) is 76.6 Å². The molecule has 108 valence electrons. The Morgan fingerprint density at radius 3 is 2.32 bits per heavy atom. The van der Waals surface area contributed by atoms with Crippen LogP contribution < -0.4 is 10.6 Å². The van der Waals surface area contributed by atoms with Crippen molar-refractivity contribution in [2.45, 2.75) is 6.04 Å². The molecular formula is C17H11FN2O2. The second-order valence-electron chi connectivity index (χ2n) is 5.25. The van der Waals surface area contributed by atoms with Crippen LogP contribution in [-0.2, 0) is 0 Å². The van der Waals surface area contributed by atoms with Crippen molar-refractivity contribution < 1.29 is 14.0 Å². The first-order valence-corrected chi connectivity index (χ1v) is 6.86. The lowest BCUT2D eigenvalue weighted by Gasteiger charge is -2.26. The number of Topliss-reactive ketones (excluding diaryl/α,β-unsaturated/α-hetero) is 1. The molecule has 1 heterocycles. The quantitative estimate of drug-likeness (QED) is 0.849. The first-order valence-electron chi connectivity index (χ1n) is 6.86. The molecule has 0 spiro atoms. The molecule has 1 atom stereocenters. The fourth-order valence-corrected chi connectivity index (χ4v) is 2.97. The van der Waals surface area contributed by atoms with Gasteiger partial charge in [-0.3, -0.25) is 4.79 Å². The zero-order chi connectivity index (χ0) is 15.3. The highest BCUT2D eigenvalue weighted by Gasteiger charge is 2.39. The normalized spacial score (nSPS) is 19.4. The van der Waals surface area contributed by atoms with Crippen molar-refractivity contribution in [2.24, 2.45) is 0 Å². The molecule has 1 aliphatic heterocycles. The van der Waals surface area contributed by atoms with Crippen LogP contribution in [0.1, 0.15) is 27.5 Å². The van der Waals surface area contributed by atoms with Gasteiger partial charge in [0.25, 0.3) is 0 Å². The highest BCUT2D eigenvalue weighted by molar-refractivity contribution is 6.23. The molecule has 0 unspecified atom stereocenters. The number of hydrogen-bond donors (Lipinski definition) is 2. The van der Waals surface area contributed by atoms with E-state index in [-0.39, 0.29) is 17.6 Å². The summed E-state index contributed by atoms with van der Waals surface area (Å²) in [5.41, 5.74) is 3.00. The largest absolute Gasteiger partial charge is 0.327 e. The van der Waals surface area contributed by atoms with Crippen molar-refractivity contribution >= 4 is 17.5 Å². The van der Waals surface area contributed by atoms with Crippen LogP contribution in [0.2, 0.25) is 0 Å². The van der Waals surface area contributed by atoms with E-state index < -0.39 is 6.04 Å². The topological polar surface area (TPSA) is 58.2 Å². The van der Waals surface area contributed by atoms with E-state index >= 15 is 0 Å². The lowest BCUT2D eigenvalue weighted by Crippen LogP contribution is -2.43. The molecule has 2 aliphatic rings. The van der Waals surface area contributed by atoms with Crippen molar-refractivity contribution in [1.82, 2.24) is 10.6 Å². The number of hydrogen-bond acceptors (Lipinski definition) is 2. The average molecular weight is 294 g/mol. The number of urea groups is 1. The molecule has 2 amide bonds. The Hall–Kier alpha value is -2.95. The van der Waals surface area contributed by atoms with E-state index in [1.807, 2.05) is 12.1 Å². The zero-order valence-electron chi connectivity index (χ0n) is 11.4. The number of amides is 2. The number of halogens is 1. The second kappa shape index (κ2) is 4.53. The van der Waals surface area contributed by atoms with Gasteiger partial charge in [0.05, 0.1) is 17.3 Å². The summed E-state index contributed by atoms with van der Waals surface area (Å²) in [6, 6.07) is 12.0. The smallest absolute Gasteiger partial charge is 0.320 e. The maximum atomic E-state index is 13.1. The third kappa shape index (κ3) is 1.75. The molecule has 2 N–H and O–H groups in total. The number of fused-ring (bicyclic) bond motifs is 2. The Bertz CT molecular complexity index is 840. The predicted octanol–water partition coefficient (Wildman–Crippen LogP) is 2.79. The fourth-order valence-electron chi connectivity index (χ4n) is 2.97. The zero-order valence-corrected chi connectivity index (χ0v) is 11.4. The summed E-state index contributed by atoms with van der Waals surface area (Å²) in [6.07, 6.45) is 0. The molecule has 0 radical (unpaired) electrons. The molecule has 0 saturated carbocycles. The molecule has 0 saturated heterocycles. The molecule has 22 heavy (non-hydrogen) atoms. The first-order chi connectivity index (χ1) is 10.6. The molecule has 2 aromatic carbocycles. The van der Waals surface area contributed by atoms with Crippen LogP contribution in [0, 0.1) is 5.82 Å². The summed E-state index contributed by atoms with van der Waals surface area (Å²) in [5.74, 6) is -0.480. The van der Waals surface area contributed by atoms with Gasteiger partial charge in [0.15, 0.2) is 5.78 Å². The Kier molecular flexibility index (Phi) is 2.63. The molecule has 0 bridgehead atoms. The molecule has 0 aromatic heterocycles. The third-order valence-corrected chi connectivity index (χ3v) is 3.96. The number of carbonyl (C=O) groups excluding carboxylic acids is 2. The van der Waals surface area contributed by atoms with Gasteiger partial charge in [-0.15, -0.1) is 0 Å². The highest BCUT2D eigenvalue weighted by Crippen LogP contribution is 2.39. The Morgan fingerprint density at radius 1 is 0.909 bits per heavy atom. The molecule has 4 nitrogen and oxygen atoms in total. The number of ketones is 1. The summed E-state index contributed by atoms with van der Waals surface area (Å²) < 4.78 is 13.1. The molecule has 2 aromatic rings. The van der Waals surface area contributed by atoms with E-state index in [1.165, 1.54) is 12.1 Å². The van der Waals surface area contributed by atoms with Gasteiger partial charge in [-0.1, -0.05) is 36.4 Å². The van der Waals surface area contributed by atoms with Crippen LogP contribution in [0.4, 0.5) is 9.18 Å². The van der Waals surface area contributed by atoms with Crippen LogP contribution in [0.25, 0.3) is 5.70 Å². The van der Waals surface area contributed by atoms with Crippen LogP contribution in [0.15, 0.2) is 54.1 Å². The van der Waals surface area contributed by atoms with E-state index in [2.05, 4.69) is 10.6 Å². The Morgan fingerprint density at radius 2 is 1.59 bits per heavy atom. The number of benzene rings is 2. The van der Waals surface area contributed by atoms with Gasteiger partial charge < -0.3 is 10.6 Å².